The minimum atomic E-state index is -0.188. The second kappa shape index (κ2) is 5.67. The van der Waals surface area contributed by atoms with E-state index >= 15 is 0 Å². The van der Waals surface area contributed by atoms with Crippen molar-refractivity contribution in [2.24, 2.45) is 5.84 Å². The Balaban J connectivity index is 2.81. The lowest BCUT2D eigenvalue weighted by atomic mass is 10.2. The van der Waals surface area contributed by atoms with Gasteiger partial charge in [0.15, 0.2) is 5.82 Å². The zero-order valence-electron chi connectivity index (χ0n) is 9.25. The average molecular weight is 243 g/mol. The Morgan fingerprint density at radius 3 is 2.88 bits per heavy atom. The van der Waals surface area contributed by atoms with Gasteiger partial charge >= 0.3 is 0 Å². The van der Waals surface area contributed by atoms with E-state index in [1.807, 2.05) is 13.8 Å². The van der Waals surface area contributed by atoms with Crippen LogP contribution >= 0.6 is 11.6 Å². The van der Waals surface area contributed by atoms with Gasteiger partial charge in [0.05, 0.1) is 10.6 Å². The van der Waals surface area contributed by atoms with Crippen LogP contribution in [0.2, 0.25) is 5.02 Å². The van der Waals surface area contributed by atoms with Crippen molar-refractivity contribution in [3.8, 4) is 0 Å². The van der Waals surface area contributed by atoms with E-state index in [0.717, 1.165) is 6.42 Å². The molecular weight excluding hydrogens is 228 g/mol. The Bertz CT molecular complexity index is 383. The Kier molecular flexibility index (Phi) is 4.52. The summed E-state index contributed by atoms with van der Waals surface area (Å²) in [5.74, 6) is 5.34. The number of nitrogen functional groups attached to an aromatic ring is 1. The van der Waals surface area contributed by atoms with Gasteiger partial charge in [0, 0.05) is 12.2 Å². The van der Waals surface area contributed by atoms with Gasteiger partial charge in [-0.05, 0) is 19.4 Å². The number of pyridine rings is 1. The van der Waals surface area contributed by atoms with Crippen LogP contribution in [0.25, 0.3) is 0 Å². The number of aromatic nitrogens is 1. The summed E-state index contributed by atoms with van der Waals surface area (Å²) >= 11 is 5.86. The molecule has 5 nitrogen and oxygen atoms in total. The number of hydrazine groups is 1. The van der Waals surface area contributed by atoms with Gasteiger partial charge in [-0.3, -0.25) is 4.79 Å². The van der Waals surface area contributed by atoms with Gasteiger partial charge in [-0.25, -0.2) is 10.8 Å². The molecule has 1 heterocycles. The predicted octanol–water partition coefficient (Wildman–Crippen LogP) is 1.55. The number of halogens is 1. The molecule has 0 aliphatic rings. The molecule has 0 saturated heterocycles. The minimum Gasteiger partial charge on any atom is -0.350 e. The van der Waals surface area contributed by atoms with E-state index in [4.69, 9.17) is 17.4 Å². The molecule has 0 aliphatic carbocycles. The van der Waals surface area contributed by atoms with E-state index in [2.05, 4.69) is 15.7 Å². The third-order valence-electron chi connectivity index (χ3n) is 2.23. The van der Waals surface area contributed by atoms with Crippen LogP contribution in [0, 0.1) is 0 Å². The fourth-order valence-corrected chi connectivity index (χ4v) is 1.30. The molecule has 0 fully saturated rings. The Morgan fingerprint density at radius 2 is 2.38 bits per heavy atom. The molecule has 1 aromatic rings. The molecule has 6 heteroatoms. The van der Waals surface area contributed by atoms with Gasteiger partial charge in [0.1, 0.15) is 0 Å². The number of anilines is 1. The molecule has 0 radical (unpaired) electrons. The molecule has 0 spiro atoms. The van der Waals surface area contributed by atoms with Crippen LogP contribution in [-0.2, 0) is 0 Å². The third kappa shape index (κ3) is 3.08. The Morgan fingerprint density at radius 1 is 1.69 bits per heavy atom. The van der Waals surface area contributed by atoms with Crippen molar-refractivity contribution in [1.29, 1.82) is 0 Å². The van der Waals surface area contributed by atoms with E-state index < -0.39 is 0 Å². The summed E-state index contributed by atoms with van der Waals surface area (Å²) in [4.78, 5) is 15.6. The summed E-state index contributed by atoms with van der Waals surface area (Å²) < 4.78 is 0. The molecule has 1 unspecified atom stereocenters. The van der Waals surface area contributed by atoms with Gasteiger partial charge in [0.2, 0.25) is 0 Å². The molecule has 0 saturated carbocycles. The maximum atomic E-state index is 11.7. The molecule has 4 N–H and O–H groups in total. The second-order valence-corrected chi connectivity index (χ2v) is 3.89. The van der Waals surface area contributed by atoms with Crippen LogP contribution in [0.5, 0.6) is 0 Å². The maximum absolute atomic E-state index is 11.7. The highest BCUT2D eigenvalue weighted by Gasteiger charge is 2.11. The zero-order chi connectivity index (χ0) is 12.1. The molecule has 1 rings (SSSR count). The van der Waals surface area contributed by atoms with Crippen molar-refractivity contribution < 1.29 is 4.79 Å². The first kappa shape index (κ1) is 12.7. The largest absolute Gasteiger partial charge is 0.350 e. The van der Waals surface area contributed by atoms with E-state index in [1.54, 1.807) is 0 Å². The summed E-state index contributed by atoms with van der Waals surface area (Å²) in [6.45, 7) is 3.93. The number of nitrogens with zero attached hydrogens (tertiary/aromatic N) is 1. The molecule has 88 valence electrons. The summed E-state index contributed by atoms with van der Waals surface area (Å²) in [5, 5.41) is 3.14. The molecule has 16 heavy (non-hydrogen) atoms. The number of hydrogen-bond donors (Lipinski definition) is 3. The van der Waals surface area contributed by atoms with Gasteiger partial charge < -0.3 is 10.7 Å². The van der Waals surface area contributed by atoms with E-state index in [1.165, 1.54) is 12.3 Å². The van der Waals surface area contributed by atoms with Crippen LogP contribution in [0.3, 0.4) is 0 Å². The van der Waals surface area contributed by atoms with Crippen molar-refractivity contribution in [1.82, 2.24) is 10.3 Å². The van der Waals surface area contributed by atoms with Crippen molar-refractivity contribution in [3.63, 3.8) is 0 Å². The Hall–Kier alpha value is -1.33. The number of rotatable bonds is 4. The standard InChI is InChI=1S/C10H15ClN4O/c1-3-6(2)14-10(16)7-4-8(11)9(15-12)13-5-7/h4-6H,3,12H2,1-2H3,(H,13,15)(H,14,16). The number of nitrogens with two attached hydrogens (primary N) is 1. The number of nitrogens with one attached hydrogen (secondary N) is 2. The smallest absolute Gasteiger partial charge is 0.253 e. The fourth-order valence-electron chi connectivity index (χ4n) is 1.08. The lowest BCUT2D eigenvalue weighted by molar-refractivity contribution is 0.0939. The molecule has 0 aliphatic heterocycles. The van der Waals surface area contributed by atoms with E-state index in [0.29, 0.717) is 16.4 Å². The van der Waals surface area contributed by atoms with Gasteiger partial charge in [-0.2, -0.15) is 0 Å². The SMILES string of the molecule is CCC(C)NC(=O)c1cnc(NN)c(Cl)c1. The zero-order valence-corrected chi connectivity index (χ0v) is 10.0. The second-order valence-electron chi connectivity index (χ2n) is 3.48. The van der Waals surface area contributed by atoms with Crippen LogP contribution in [0.1, 0.15) is 30.6 Å². The number of hydrogen-bond acceptors (Lipinski definition) is 4. The minimum absolute atomic E-state index is 0.124. The first-order valence-electron chi connectivity index (χ1n) is 5.01. The number of carbonyl (C=O) groups excluding carboxylic acids is 1. The topological polar surface area (TPSA) is 80.0 Å². The Labute approximate surface area is 99.4 Å². The monoisotopic (exact) mass is 242 g/mol. The van der Waals surface area contributed by atoms with Crippen LogP contribution in [0.15, 0.2) is 12.3 Å². The predicted molar refractivity (Wildman–Crippen MR) is 64.3 cm³/mol. The summed E-state index contributed by atoms with van der Waals surface area (Å²) in [6.07, 6.45) is 2.30. The molecule has 1 atom stereocenters. The highest BCUT2D eigenvalue weighted by molar-refractivity contribution is 6.33. The molecule has 0 bridgehead atoms. The quantitative estimate of drug-likeness (QED) is 0.553. The van der Waals surface area contributed by atoms with Crippen molar-refractivity contribution in [2.45, 2.75) is 26.3 Å². The van der Waals surface area contributed by atoms with Gasteiger partial charge in [0.25, 0.3) is 5.91 Å². The van der Waals surface area contributed by atoms with Crippen molar-refractivity contribution in [2.75, 3.05) is 5.43 Å². The van der Waals surface area contributed by atoms with E-state index in [-0.39, 0.29) is 11.9 Å². The summed E-state index contributed by atoms with van der Waals surface area (Å²) in [5.41, 5.74) is 2.76. The first-order valence-corrected chi connectivity index (χ1v) is 5.39. The van der Waals surface area contributed by atoms with Crippen LogP contribution < -0.4 is 16.6 Å². The third-order valence-corrected chi connectivity index (χ3v) is 2.52. The van der Waals surface area contributed by atoms with Gasteiger partial charge in [-0.15, -0.1) is 0 Å². The van der Waals surface area contributed by atoms with Gasteiger partial charge in [-0.1, -0.05) is 18.5 Å². The van der Waals surface area contributed by atoms with Crippen LogP contribution in [0.4, 0.5) is 5.82 Å². The number of amides is 1. The molecule has 1 aromatic heterocycles. The lowest BCUT2D eigenvalue weighted by Crippen LogP contribution is -2.32. The summed E-state index contributed by atoms with van der Waals surface area (Å²) in [7, 11) is 0. The first-order chi connectivity index (χ1) is 7.58. The molecule has 0 aromatic carbocycles. The fraction of sp³-hybridized carbons (Fsp3) is 0.400. The van der Waals surface area contributed by atoms with Crippen molar-refractivity contribution >= 4 is 23.3 Å². The molecular formula is C10H15ClN4O. The normalized spacial score (nSPS) is 12.0. The van der Waals surface area contributed by atoms with Crippen LogP contribution in [-0.4, -0.2) is 16.9 Å². The lowest BCUT2D eigenvalue weighted by Gasteiger charge is -2.11. The maximum Gasteiger partial charge on any atom is 0.253 e. The highest BCUT2D eigenvalue weighted by Crippen LogP contribution is 2.18. The molecule has 1 amide bonds. The number of carbonyl (C=O) groups is 1. The van der Waals surface area contributed by atoms with E-state index in [9.17, 15) is 4.79 Å². The highest BCUT2D eigenvalue weighted by atomic mass is 35.5. The average Bonchev–Trinajstić information content (AvgIpc) is 2.28. The summed E-state index contributed by atoms with van der Waals surface area (Å²) in [6, 6.07) is 1.65. The van der Waals surface area contributed by atoms with Crippen molar-refractivity contribution in [3.05, 3.63) is 22.8 Å².